The molecule has 0 amide bonds. The second kappa shape index (κ2) is 5.31. The Bertz CT molecular complexity index is 687. The van der Waals surface area contributed by atoms with Crippen LogP contribution in [0.25, 0.3) is 0 Å². The Hall–Kier alpha value is -3.03. The van der Waals surface area contributed by atoms with Crippen LogP contribution in [-0.4, -0.2) is 21.0 Å². The first-order valence-electron chi connectivity index (χ1n) is 5.58. The maximum atomic E-state index is 10.7. The van der Waals surface area contributed by atoms with Gasteiger partial charge in [-0.3, -0.25) is 15.5 Å². The number of non-ortho nitro benzene ring substituents is 1. The van der Waals surface area contributed by atoms with Crippen molar-refractivity contribution in [2.24, 2.45) is 5.73 Å². The molecule has 20 heavy (non-hydrogen) atoms. The highest BCUT2D eigenvalue weighted by Gasteiger charge is 2.13. The second-order valence-electron chi connectivity index (χ2n) is 3.97. The van der Waals surface area contributed by atoms with Crippen LogP contribution in [0.5, 0.6) is 11.6 Å². The first-order chi connectivity index (χ1) is 9.49. The van der Waals surface area contributed by atoms with E-state index in [1.165, 1.54) is 30.5 Å². The van der Waals surface area contributed by atoms with E-state index in [4.69, 9.17) is 15.9 Å². The predicted molar refractivity (Wildman–Crippen MR) is 71.0 cm³/mol. The fraction of sp³-hybridized carbons (Fsp3) is 0.0833. The summed E-state index contributed by atoms with van der Waals surface area (Å²) in [6, 6.07) is 5.68. The van der Waals surface area contributed by atoms with Gasteiger partial charge in [0.2, 0.25) is 5.88 Å². The average molecular weight is 273 g/mol. The summed E-state index contributed by atoms with van der Waals surface area (Å²) in [5.74, 6) is 0.269. The van der Waals surface area contributed by atoms with E-state index in [9.17, 15) is 10.1 Å². The number of nitrogens with one attached hydrogen (secondary N) is 1. The fourth-order valence-corrected chi connectivity index (χ4v) is 1.56. The monoisotopic (exact) mass is 273 g/mol. The minimum Gasteiger partial charge on any atom is -0.437 e. The number of aryl methyl sites for hydroxylation is 1. The van der Waals surface area contributed by atoms with Crippen LogP contribution >= 0.6 is 0 Å². The number of hydrogen-bond donors (Lipinski definition) is 2. The first kappa shape index (κ1) is 13.4. The number of nitrogen functional groups attached to an aromatic ring is 1. The van der Waals surface area contributed by atoms with Crippen molar-refractivity contribution in [3.8, 4) is 11.6 Å². The lowest BCUT2D eigenvalue weighted by molar-refractivity contribution is -0.384. The molecule has 0 unspecified atom stereocenters. The Morgan fingerprint density at radius 1 is 1.45 bits per heavy atom. The third-order valence-electron chi connectivity index (χ3n) is 2.55. The minimum absolute atomic E-state index is 0.0270. The van der Waals surface area contributed by atoms with Gasteiger partial charge in [-0.25, -0.2) is 0 Å². The van der Waals surface area contributed by atoms with Crippen LogP contribution in [0.2, 0.25) is 0 Å². The van der Waals surface area contributed by atoms with Gasteiger partial charge in [0.15, 0.2) is 0 Å². The van der Waals surface area contributed by atoms with Crippen molar-refractivity contribution in [2.45, 2.75) is 6.92 Å². The maximum absolute atomic E-state index is 10.7. The summed E-state index contributed by atoms with van der Waals surface area (Å²) in [5, 5.41) is 25.5. The van der Waals surface area contributed by atoms with E-state index in [0.717, 1.165) is 0 Å². The van der Waals surface area contributed by atoms with Gasteiger partial charge in [-0.2, -0.15) is 5.10 Å². The van der Waals surface area contributed by atoms with Crippen molar-refractivity contribution in [1.82, 2.24) is 10.2 Å². The molecule has 8 heteroatoms. The summed E-state index contributed by atoms with van der Waals surface area (Å²) in [6.07, 6.45) is 1.40. The number of ether oxygens (including phenoxy) is 1. The zero-order chi connectivity index (χ0) is 14.7. The fourth-order valence-electron chi connectivity index (χ4n) is 1.56. The Morgan fingerprint density at radius 3 is 2.80 bits per heavy atom. The molecule has 2 aromatic rings. The topological polar surface area (TPSA) is 128 Å². The van der Waals surface area contributed by atoms with Gasteiger partial charge in [-0.1, -0.05) is 0 Å². The van der Waals surface area contributed by atoms with Crippen molar-refractivity contribution < 1.29 is 9.66 Å². The van der Waals surface area contributed by atoms with E-state index in [1.807, 2.05) is 0 Å². The molecular formula is C12H11N5O3. The Kier molecular flexibility index (Phi) is 3.56. The third kappa shape index (κ3) is 2.69. The van der Waals surface area contributed by atoms with Crippen molar-refractivity contribution >= 4 is 11.5 Å². The molecule has 0 bridgehead atoms. The van der Waals surface area contributed by atoms with Crippen LogP contribution in [-0.2, 0) is 0 Å². The average Bonchev–Trinajstić information content (AvgIpc) is 2.41. The standard InChI is InChI=1S/C12H11N5O3/c1-7-6-8(17(18)19)2-3-10(7)20-12-9(11(13)14)4-5-15-16-12/h2-6H,1H3,(H3,13,14). The molecule has 8 nitrogen and oxygen atoms in total. The number of nitro benzene ring substituents is 1. The highest BCUT2D eigenvalue weighted by molar-refractivity contribution is 5.96. The summed E-state index contributed by atoms with van der Waals surface area (Å²) in [7, 11) is 0. The lowest BCUT2D eigenvalue weighted by Gasteiger charge is -2.09. The molecule has 0 atom stereocenters. The number of hydrogen-bond acceptors (Lipinski definition) is 6. The molecule has 3 N–H and O–H groups in total. The predicted octanol–water partition coefficient (Wildman–Crippen LogP) is 1.77. The molecule has 1 aromatic heterocycles. The van der Waals surface area contributed by atoms with Crippen LogP contribution in [0.4, 0.5) is 5.69 Å². The third-order valence-corrected chi connectivity index (χ3v) is 2.55. The van der Waals surface area contributed by atoms with Gasteiger partial charge >= 0.3 is 0 Å². The van der Waals surface area contributed by atoms with Crippen molar-refractivity contribution in [3.05, 3.63) is 51.7 Å². The van der Waals surface area contributed by atoms with Crippen LogP contribution in [0, 0.1) is 22.4 Å². The zero-order valence-electron chi connectivity index (χ0n) is 10.5. The van der Waals surface area contributed by atoms with Crippen LogP contribution in [0.15, 0.2) is 30.5 Å². The molecule has 0 aliphatic heterocycles. The SMILES string of the molecule is Cc1cc([N+](=O)[O-])ccc1Oc1nnccc1C(=N)N. The number of rotatable bonds is 4. The van der Waals surface area contributed by atoms with Crippen LogP contribution in [0.3, 0.4) is 0 Å². The minimum atomic E-state index is -0.486. The normalized spacial score (nSPS) is 10.1. The van der Waals surface area contributed by atoms with Gasteiger partial charge in [0.05, 0.1) is 16.7 Å². The number of amidine groups is 1. The van der Waals surface area contributed by atoms with Gasteiger partial charge in [0, 0.05) is 12.1 Å². The van der Waals surface area contributed by atoms with Crippen LogP contribution < -0.4 is 10.5 Å². The number of nitrogens with two attached hydrogens (primary N) is 1. The van der Waals surface area contributed by atoms with E-state index in [-0.39, 0.29) is 17.4 Å². The number of aromatic nitrogens is 2. The van der Waals surface area contributed by atoms with Gasteiger partial charge in [0.25, 0.3) is 5.69 Å². The van der Waals surface area contributed by atoms with Crippen molar-refractivity contribution in [1.29, 1.82) is 5.41 Å². The molecule has 0 radical (unpaired) electrons. The molecule has 0 fully saturated rings. The largest absolute Gasteiger partial charge is 0.437 e. The number of nitrogens with zero attached hydrogens (tertiary/aromatic N) is 3. The molecule has 1 heterocycles. The summed E-state index contributed by atoms with van der Waals surface area (Å²) >= 11 is 0. The molecule has 2 rings (SSSR count). The summed E-state index contributed by atoms with van der Waals surface area (Å²) < 4.78 is 5.52. The molecule has 0 aliphatic carbocycles. The van der Waals surface area contributed by atoms with E-state index in [2.05, 4.69) is 10.2 Å². The van der Waals surface area contributed by atoms with Gasteiger partial charge in [-0.05, 0) is 24.6 Å². The zero-order valence-corrected chi connectivity index (χ0v) is 10.5. The van der Waals surface area contributed by atoms with Crippen molar-refractivity contribution in [2.75, 3.05) is 0 Å². The second-order valence-corrected chi connectivity index (χ2v) is 3.97. The van der Waals surface area contributed by atoms with E-state index >= 15 is 0 Å². The summed E-state index contributed by atoms with van der Waals surface area (Å²) in [5.41, 5.74) is 6.26. The lowest BCUT2D eigenvalue weighted by atomic mass is 10.2. The molecular weight excluding hydrogens is 262 g/mol. The van der Waals surface area contributed by atoms with Gasteiger partial charge in [0.1, 0.15) is 11.6 Å². The Morgan fingerprint density at radius 2 is 2.20 bits per heavy atom. The van der Waals surface area contributed by atoms with E-state index in [1.54, 1.807) is 6.92 Å². The molecule has 0 saturated heterocycles. The number of nitro groups is 1. The molecule has 1 aromatic carbocycles. The van der Waals surface area contributed by atoms with E-state index in [0.29, 0.717) is 16.9 Å². The van der Waals surface area contributed by atoms with E-state index < -0.39 is 4.92 Å². The first-order valence-corrected chi connectivity index (χ1v) is 5.58. The summed E-state index contributed by atoms with van der Waals surface area (Å²) in [4.78, 5) is 10.2. The Labute approximate surface area is 113 Å². The molecule has 0 spiro atoms. The van der Waals surface area contributed by atoms with Gasteiger partial charge in [-0.15, -0.1) is 5.10 Å². The number of benzene rings is 1. The van der Waals surface area contributed by atoms with Crippen LogP contribution in [0.1, 0.15) is 11.1 Å². The van der Waals surface area contributed by atoms with Gasteiger partial charge < -0.3 is 10.5 Å². The van der Waals surface area contributed by atoms with Crippen molar-refractivity contribution in [3.63, 3.8) is 0 Å². The Balaban J connectivity index is 2.36. The smallest absolute Gasteiger partial charge is 0.269 e. The highest BCUT2D eigenvalue weighted by Crippen LogP contribution is 2.28. The molecule has 0 saturated carbocycles. The quantitative estimate of drug-likeness (QED) is 0.378. The molecule has 0 aliphatic rings. The molecule has 102 valence electrons. The maximum Gasteiger partial charge on any atom is 0.269 e. The summed E-state index contributed by atoms with van der Waals surface area (Å²) in [6.45, 7) is 1.67. The highest BCUT2D eigenvalue weighted by atomic mass is 16.6. The lowest BCUT2D eigenvalue weighted by Crippen LogP contribution is -2.13.